The van der Waals surface area contributed by atoms with Crippen LogP contribution in [-0.4, -0.2) is 5.33 Å². The maximum absolute atomic E-state index is 3.66. The largest absolute Gasteiger partial charge is 0.202 e. The number of pyridine rings is 1. The van der Waals surface area contributed by atoms with Gasteiger partial charge in [-0.2, -0.15) is 0 Å². The normalized spacial score (nSPS) is 12.5. The Morgan fingerprint density at radius 2 is 1.29 bits per heavy atom. The second-order valence-electron chi connectivity index (χ2n) is 6.10. The number of halogens is 1. The van der Waals surface area contributed by atoms with Gasteiger partial charge in [0.15, 0.2) is 18.4 Å². The molecule has 1 aromatic rings. The zero-order valence-electron chi connectivity index (χ0n) is 13.8. The van der Waals surface area contributed by atoms with E-state index in [0.29, 0.717) is 6.04 Å². The minimum atomic E-state index is 0.611. The van der Waals surface area contributed by atoms with Crippen LogP contribution in [0.4, 0.5) is 0 Å². The Morgan fingerprint density at radius 3 is 1.81 bits per heavy atom. The number of alkyl halides is 1. The van der Waals surface area contributed by atoms with Gasteiger partial charge < -0.3 is 0 Å². The monoisotopic (exact) mass is 354 g/mol. The zero-order chi connectivity index (χ0) is 15.2. The van der Waals surface area contributed by atoms with Gasteiger partial charge in [-0.15, -0.1) is 0 Å². The zero-order valence-corrected chi connectivity index (χ0v) is 15.4. The fourth-order valence-corrected chi connectivity index (χ4v) is 3.49. The van der Waals surface area contributed by atoms with Crippen molar-refractivity contribution in [3.8, 4) is 0 Å². The minimum absolute atomic E-state index is 0.611. The van der Waals surface area contributed by atoms with Crippen LogP contribution in [0, 0.1) is 0 Å². The van der Waals surface area contributed by atoms with E-state index in [-0.39, 0.29) is 0 Å². The molecule has 1 heterocycles. The summed E-state index contributed by atoms with van der Waals surface area (Å²) in [5.74, 6) is 0. The van der Waals surface area contributed by atoms with Crippen LogP contribution >= 0.6 is 15.9 Å². The van der Waals surface area contributed by atoms with Gasteiger partial charge in [-0.05, 0) is 6.42 Å². The van der Waals surface area contributed by atoms with E-state index in [4.69, 9.17) is 0 Å². The maximum Gasteiger partial charge on any atom is 0.169 e. The molecule has 0 spiro atoms. The highest BCUT2D eigenvalue weighted by Crippen LogP contribution is 2.15. The van der Waals surface area contributed by atoms with Gasteiger partial charge in [-0.1, -0.05) is 86.7 Å². The highest BCUT2D eigenvalue weighted by atomic mass is 79.9. The van der Waals surface area contributed by atoms with Crippen molar-refractivity contribution in [3.05, 3.63) is 30.6 Å². The van der Waals surface area contributed by atoms with Gasteiger partial charge in [0.1, 0.15) is 0 Å². The molecule has 0 saturated carbocycles. The van der Waals surface area contributed by atoms with E-state index in [9.17, 15) is 0 Å². The molecular weight excluding hydrogens is 322 g/mol. The van der Waals surface area contributed by atoms with Crippen LogP contribution in [0.1, 0.15) is 83.6 Å². The molecule has 0 unspecified atom stereocenters. The molecule has 0 fully saturated rings. The van der Waals surface area contributed by atoms with E-state index in [0.717, 1.165) is 5.33 Å². The lowest BCUT2D eigenvalue weighted by molar-refractivity contribution is -0.719. The molecule has 0 amide bonds. The van der Waals surface area contributed by atoms with E-state index >= 15 is 0 Å². The molecule has 1 nitrogen and oxygen atoms in total. The summed E-state index contributed by atoms with van der Waals surface area (Å²) in [6.07, 6.45) is 19.8. The molecule has 2 heteroatoms. The lowest BCUT2D eigenvalue weighted by Gasteiger charge is -2.09. The Labute approximate surface area is 140 Å². The van der Waals surface area contributed by atoms with Crippen LogP contribution in [0.5, 0.6) is 0 Å². The first-order chi connectivity index (χ1) is 10.4. The first kappa shape index (κ1) is 18.7. The number of rotatable bonds is 13. The molecule has 0 aliphatic heterocycles. The van der Waals surface area contributed by atoms with Gasteiger partial charge in [-0.25, -0.2) is 4.57 Å². The average Bonchev–Trinajstić information content (AvgIpc) is 2.54. The summed E-state index contributed by atoms with van der Waals surface area (Å²) >= 11 is 3.66. The van der Waals surface area contributed by atoms with Crippen molar-refractivity contribution in [3.63, 3.8) is 0 Å². The number of aromatic nitrogens is 1. The lowest BCUT2D eigenvalue weighted by Crippen LogP contribution is -2.39. The fourth-order valence-electron chi connectivity index (χ4n) is 2.83. The van der Waals surface area contributed by atoms with Gasteiger partial charge in [0.25, 0.3) is 0 Å². The molecule has 0 N–H and O–H groups in total. The summed E-state index contributed by atoms with van der Waals surface area (Å²) in [5, 5.41) is 1.05. The molecule has 0 bridgehead atoms. The predicted octanol–water partition coefficient (Wildman–Crippen LogP) is 6.22. The Balaban J connectivity index is 1.98. The fraction of sp³-hybridized carbons (Fsp3) is 0.737. The molecule has 1 atom stereocenters. The Bertz CT molecular complexity index is 326. The Kier molecular flexibility index (Phi) is 11.8. The molecular formula is C19H33BrN+. The first-order valence-electron chi connectivity index (χ1n) is 8.90. The van der Waals surface area contributed by atoms with E-state index in [2.05, 4.69) is 58.0 Å². The summed E-state index contributed by atoms with van der Waals surface area (Å²) in [7, 11) is 0. The standard InChI is InChI=1S/C19H33BrN/c1-2-3-4-5-6-7-8-9-10-12-15-19(18-20)21-16-13-11-14-17-21/h11,13-14,16-17,19H,2-10,12,15,18H2,1H3/q+1/t19-/m1/s1. The summed E-state index contributed by atoms with van der Waals surface area (Å²) in [5.41, 5.74) is 0. The van der Waals surface area contributed by atoms with E-state index in [1.807, 2.05) is 0 Å². The van der Waals surface area contributed by atoms with Crippen LogP contribution in [0.25, 0.3) is 0 Å². The first-order valence-corrected chi connectivity index (χ1v) is 10.0. The molecule has 0 radical (unpaired) electrons. The highest BCUT2D eigenvalue weighted by Gasteiger charge is 2.15. The molecule has 0 aliphatic rings. The third kappa shape index (κ3) is 9.29. The van der Waals surface area contributed by atoms with Gasteiger partial charge in [-0.3, -0.25) is 0 Å². The third-order valence-electron chi connectivity index (χ3n) is 4.23. The molecule has 0 saturated heterocycles. The highest BCUT2D eigenvalue weighted by molar-refractivity contribution is 9.09. The second-order valence-corrected chi connectivity index (χ2v) is 6.75. The Hall–Kier alpha value is -0.370. The smallest absolute Gasteiger partial charge is 0.169 e. The quantitative estimate of drug-likeness (QED) is 0.225. The lowest BCUT2D eigenvalue weighted by atomic mass is 10.0. The maximum atomic E-state index is 3.66. The number of nitrogens with zero attached hydrogens (tertiary/aromatic N) is 1. The topological polar surface area (TPSA) is 3.88 Å². The molecule has 120 valence electrons. The number of unbranched alkanes of at least 4 members (excludes halogenated alkanes) is 9. The van der Waals surface area contributed by atoms with E-state index in [1.54, 1.807) is 0 Å². The summed E-state index contributed by atoms with van der Waals surface area (Å²) in [6, 6.07) is 6.94. The molecule has 1 rings (SSSR count). The predicted molar refractivity (Wildman–Crippen MR) is 95.9 cm³/mol. The van der Waals surface area contributed by atoms with Crippen molar-refractivity contribution in [1.29, 1.82) is 0 Å². The number of hydrogen-bond acceptors (Lipinski definition) is 0. The van der Waals surface area contributed by atoms with Gasteiger partial charge in [0, 0.05) is 18.6 Å². The second kappa shape index (κ2) is 13.3. The van der Waals surface area contributed by atoms with Crippen molar-refractivity contribution < 1.29 is 4.57 Å². The average molecular weight is 355 g/mol. The van der Waals surface area contributed by atoms with Gasteiger partial charge in [0.2, 0.25) is 0 Å². The van der Waals surface area contributed by atoms with Gasteiger partial charge in [0.05, 0.1) is 5.33 Å². The van der Waals surface area contributed by atoms with Crippen LogP contribution in [-0.2, 0) is 0 Å². The molecule has 1 aromatic heterocycles. The van der Waals surface area contributed by atoms with E-state index < -0.39 is 0 Å². The third-order valence-corrected chi connectivity index (χ3v) is 4.98. The summed E-state index contributed by atoms with van der Waals surface area (Å²) in [4.78, 5) is 0. The van der Waals surface area contributed by atoms with Crippen molar-refractivity contribution in [1.82, 2.24) is 0 Å². The van der Waals surface area contributed by atoms with Crippen molar-refractivity contribution >= 4 is 15.9 Å². The minimum Gasteiger partial charge on any atom is -0.202 e. The van der Waals surface area contributed by atoms with Crippen molar-refractivity contribution in [2.24, 2.45) is 0 Å². The van der Waals surface area contributed by atoms with Crippen LogP contribution in [0.2, 0.25) is 0 Å². The molecule has 0 aliphatic carbocycles. The van der Waals surface area contributed by atoms with Crippen molar-refractivity contribution in [2.45, 2.75) is 83.6 Å². The van der Waals surface area contributed by atoms with Gasteiger partial charge >= 0.3 is 0 Å². The van der Waals surface area contributed by atoms with E-state index in [1.165, 1.54) is 70.6 Å². The molecule has 0 aromatic carbocycles. The Morgan fingerprint density at radius 1 is 0.762 bits per heavy atom. The van der Waals surface area contributed by atoms with Crippen LogP contribution < -0.4 is 4.57 Å². The van der Waals surface area contributed by atoms with Crippen molar-refractivity contribution in [2.75, 3.05) is 5.33 Å². The number of hydrogen-bond donors (Lipinski definition) is 0. The molecule has 21 heavy (non-hydrogen) atoms. The van der Waals surface area contributed by atoms with Crippen LogP contribution in [0.3, 0.4) is 0 Å². The SMILES string of the molecule is CCCCCCCCCCCC[C@H](CBr)[n+]1ccccc1. The summed E-state index contributed by atoms with van der Waals surface area (Å²) < 4.78 is 2.34. The summed E-state index contributed by atoms with van der Waals surface area (Å²) in [6.45, 7) is 2.29. The van der Waals surface area contributed by atoms with Crippen LogP contribution in [0.15, 0.2) is 30.6 Å².